The van der Waals surface area contributed by atoms with E-state index < -0.39 is 0 Å². The zero-order valence-corrected chi connectivity index (χ0v) is 15.0. The summed E-state index contributed by atoms with van der Waals surface area (Å²) in [6, 6.07) is 15.8. The van der Waals surface area contributed by atoms with Crippen molar-refractivity contribution < 1.29 is 9.53 Å². The van der Waals surface area contributed by atoms with Gasteiger partial charge in [0.2, 0.25) is 5.95 Å². The zero-order valence-electron chi connectivity index (χ0n) is 15.0. The molecule has 3 aromatic rings. The molecule has 6 heteroatoms. The fourth-order valence-electron chi connectivity index (χ4n) is 3.41. The second-order valence-electron chi connectivity index (χ2n) is 6.70. The number of hydrogen-bond donors (Lipinski definition) is 1. The van der Waals surface area contributed by atoms with Gasteiger partial charge in [0.05, 0.1) is 0 Å². The van der Waals surface area contributed by atoms with Gasteiger partial charge in [-0.15, -0.1) is 0 Å². The van der Waals surface area contributed by atoms with E-state index in [1.54, 1.807) is 18.5 Å². The first kappa shape index (κ1) is 17.3. The average Bonchev–Trinajstić information content (AvgIpc) is 2.73. The monoisotopic (exact) mass is 362 g/mol. The molecule has 27 heavy (non-hydrogen) atoms. The highest BCUT2D eigenvalue weighted by Crippen LogP contribution is 2.20. The fraction of sp³-hybridized carbons (Fsp3) is 0.286. The topological polar surface area (TPSA) is 67.3 Å². The van der Waals surface area contributed by atoms with Crippen LogP contribution in [0.25, 0.3) is 10.8 Å². The molecule has 1 unspecified atom stereocenters. The lowest BCUT2D eigenvalue weighted by Crippen LogP contribution is -2.49. The lowest BCUT2D eigenvalue weighted by molar-refractivity contribution is -0.123. The summed E-state index contributed by atoms with van der Waals surface area (Å²) in [4.78, 5) is 23.0. The van der Waals surface area contributed by atoms with Crippen molar-refractivity contribution in [2.75, 3.05) is 24.6 Å². The maximum absolute atomic E-state index is 12.3. The quantitative estimate of drug-likeness (QED) is 0.756. The summed E-state index contributed by atoms with van der Waals surface area (Å²) >= 11 is 0. The minimum atomic E-state index is -0.107. The first-order valence-electron chi connectivity index (χ1n) is 9.21. The van der Waals surface area contributed by atoms with E-state index in [0.717, 1.165) is 30.2 Å². The van der Waals surface area contributed by atoms with Crippen LogP contribution in [0.3, 0.4) is 0 Å². The number of nitrogens with one attached hydrogen (secondary N) is 1. The van der Waals surface area contributed by atoms with Gasteiger partial charge in [-0.25, -0.2) is 9.97 Å². The highest BCUT2D eigenvalue weighted by atomic mass is 16.5. The maximum Gasteiger partial charge on any atom is 0.258 e. The Kier molecular flexibility index (Phi) is 5.14. The third-order valence-corrected chi connectivity index (χ3v) is 4.71. The van der Waals surface area contributed by atoms with Crippen LogP contribution < -0.4 is 15.0 Å². The number of piperidine rings is 1. The molecule has 2 heterocycles. The Bertz CT molecular complexity index is 916. The van der Waals surface area contributed by atoms with Crippen LogP contribution in [0.5, 0.6) is 5.75 Å². The maximum atomic E-state index is 12.3. The third-order valence-electron chi connectivity index (χ3n) is 4.71. The number of fused-ring (bicyclic) bond motifs is 1. The highest BCUT2D eigenvalue weighted by molar-refractivity contribution is 5.84. The standard InChI is InChI=1S/C21H22N4O2/c26-20(15-27-19-9-8-16-5-1-2-6-17(16)13-19)24-18-7-3-12-25(14-18)21-22-10-4-11-23-21/h1-2,4-6,8-11,13,18H,3,7,12,14-15H2,(H,24,26). The van der Waals surface area contributed by atoms with Gasteiger partial charge < -0.3 is 15.0 Å². The van der Waals surface area contributed by atoms with E-state index in [9.17, 15) is 4.79 Å². The van der Waals surface area contributed by atoms with E-state index in [-0.39, 0.29) is 18.6 Å². The number of anilines is 1. The Balaban J connectivity index is 1.30. The van der Waals surface area contributed by atoms with Crippen molar-refractivity contribution in [3.05, 3.63) is 60.9 Å². The Morgan fingerprint density at radius 2 is 1.93 bits per heavy atom. The lowest BCUT2D eigenvalue weighted by Gasteiger charge is -2.33. The number of carbonyl (C=O) groups excluding carboxylic acids is 1. The number of aromatic nitrogens is 2. The molecule has 4 rings (SSSR count). The molecule has 0 bridgehead atoms. The van der Waals surface area contributed by atoms with Gasteiger partial charge in [-0.1, -0.05) is 30.3 Å². The van der Waals surface area contributed by atoms with Gasteiger partial charge >= 0.3 is 0 Å². The van der Waals surface area contributed by atoms with Crippen LogP contribution in [-0.4, -0.2) is 41.6 Å². The summed E-state index contributed by atoms with van der Waals surface area (Å²) in [7, 11) is 0. The SMILES string of the molecule is O=C(COc1ccc2ccccc2c1)NC1CCCN(c2ncccn2)C1. The molecular formula is C21H22N4O2. The molecule has 1 fully saturated rings. The lowest BCUT2D eigenvalue weighted by atomic mass is 10.1. The number of hydrogen-bond acceptors (Lipinski definition) is 5. The van der Waals surface area contributed by atoms with Gasteiger partial charge in [-0.3, -0.25) is 4.79 Å². The Morgan fingerprint density at radius 3 is 2.78 bits per heavy atom. The molecule has 1 saturated heterocycles. The predicted molar refractivity (Wildman–Crippen MR) is 105 cm³/mol. The summed E-state index contributed by atoms with van der Waals surface area (Å²) in [5, 5.41) is 5.32. The van der Waals surface area contributed by atoms with Crippen molar-refractivity contribution in [3.63, 3.8) is 0 Å². The minimum absolute atomic E-state index is 0.0106. The second-order valence-corrected chi connectivity index (χ2v) is 6.70. The fourth-order valence-corrected chi connectivity index (χ4v) is 3.41. The molecule has 1 amide bonds. The summed E-state index contributed by atoms with van der Waals surface area (Å²) in [6.45, 7) is 1.63. The van der Waals surface area contributed by atoms with E-state index in [1.165, 1.54) is 0 Å². The minimum Gasteiger partial charge on any atom is -0.484 e. The number of amides is 1. The first-order valence-corrected chi connectivity index (χ1v) is 9.21. The molecule has 138 valence electrons. The van der Waals surface area contributed by atoms with Gasteiger partial charge in [0.25, 0.3) is 5.91 Å². The summed E-state index contributed by atoms with van der Waals surface area (Å²) in [5.74, 6) is 1.31. The van der Waals surface area contributed by atoms with Gasteiger partial charge in [-0.05, 0) is 41.8 Å². The van der Waals surface area contributed by atoms with Gasteiger partial charge in [0.1, 0.15) is 5.75 Å². The molecule has 1 aromatic heterocycles. The highest BCUT2D eigenvalue weighted by Gasteiger charge is 2.23. The van der Waals surface area contributed by atoms with Gasteiger partial charge in [0.15, 0.2) is 6.61 Å². The van der Waals surface area contributed by atoms with Crippen molar-refractivity contribution in [2.45, 2.75) is 18.9 Å². The Hall–Kier alpha value is -3.15. The van der Waals surface area contributed by atoms with Crippen LogP contribution in [0.2, 0.25) is 0 Å². The molecule has 2 aromatic carbocycles. The van der Waals surface area contributed by atoms with Crippen molar-refractivity contribution in [1.29, 1.82) is 0 Å². The van der Waals surface area contributed by atoms with Crippen LogP contribution in [0.15, 0.2) is 60.9 Å². The molecule has 0 saturated carbocycles. The van der Waals surface area contributed by atoms with Crippen LogP contribution in [-0.2, 0) is 4.79 Å². The van der Waals surface area contributed by atoms with Crippen molar-refractivity contribution in [3.8, 4) is 5.75 Å². The Labute approximate surface area is 158 Å². The van der Waals surface area contributed by atoms with Crippen molar-refractivity contribution in [2.24, 2.45) is 0 Å². The summed E-state index contributed by atoms with van der Waals surface area (Å²) < 4.78 is 5.68. The summed E-state index contributed by atoms with van der Waals surface area (Å²) in [6.07, 6.45) is 5.42. The summed E-state index contributed by atoms with van der Waals surface area (Å²) in [5.41, 5.74) is 0. The number of ether oxygens (including phenoxy) is 1. The average molecular weight is 362 g/mol. The molecule has 1 N–H and O–H groups in total. The van der Waals surface area contributed by atoms with Crippen molar-refractivity contribution in [1.82, 2.24) is 15.3 Å². The largest absolute Gasteiger partial charge is 0.484 e. The van der Waals surface area contributed by atoms with Crippen LogP contribution in [0.1, 0.15) is 12.8 Å². The van der Waals surface area contributed by atoms with Crippen molar-refractivity contribution >= 4 is 22.6 Å². The van der Waals surface area contributed by atoms with E-state index in [0.29, 0.717) is 18.2 Å². The van der Waals surface area contributed by atoms with E-state index in [1.807, 2.05) is 36.4 Å². The van der Waals surface area contributed by atoms with Gasteiger partial charge in [0, 0.05) is 31.5 Å². The third kappa shape index (κ3) is 4.34. The Morgan fingerprint density at radius 1 is 1.11 bits per heavy atom. The normalized spacial score (nSPS) is 16.9. The van der Waals surface area contributed by atoms with E-state index in [2.05, 4.69) is 26.3 Å². The van der Waals surface area contributed by atoms with E-state index >= 15 is 0 Å². The smallest absolute Gasteiger partial charge is 0.258 e. The first-order chi connectivity index (χ1) is 13.3. The predicted octanol–water partition coefficient (Wildman–Crippen LogP) is 2.79. The second kappa shape index (κ2) is 8.03. The van der Waals surface area contributed by atoms with Crippen LogP contribution in [0.4, 0.5) is 5.95 Å². The molecule has 1 aliphatic heterocycles. The molecule has 1 atom stereocenters. The number of carbonyl (C=O) groups is 1. The number of nitrogens with zero attached hydrogens (tertiary/aromatic N) is 3. The van der Waals surface area contributed by atoms with Crippen LogP contribution >= 0.6 is 0 Å². The van der Waals surface area contributed by atoms with Crippen LogP contribution in [0, 0.1) is 0 Å². The van der Waals surface area contributed by atoms with Gasteiger partial charge in [-0.2, -0.15) is 0 Å². The van der Waals surface area contributed by atoms with E-state index in [4.69, 9.17) is 4.74 Å². The molecule has 1 aliphatic rings. The molecule has 6 nitrogen and oxygen atoms in total. The molecule has 0 radical (unpaired) electrons. The zero-order chi connectivity index (χ0) is 18.5. The molecule has 0 spiro atoms. The molecular weight excluding hydrogens is 340 g/mol. The number of benzene rings is 2. The number of rotatable bonds is 5. The molecule has 0 aliphatic carbocycles.